The first-order chi connectivity index (χ1) is 12.0. The van der Waals surface area contributed by atoms with Crippen LogP contribution in [-0.2, 0) is 27.1 Å². The Labute approximate surface area is 149 Å². The van der Waals surface area contributed by atoms with Gasteiger partial charge in [-0.05, 0) is 67.9 Å². The van der Waals surface area contributed by atoms with Gasteiger partial charge >= 0.3 is 0 Å². The van der Waals surface area contributed by atoms with Gasteiger partial charge in [0.25, 0.3) is 10.1 Å². The van der Waals surface area contributed by atoms with E-state index in [1.807, 2.05) is 31.2 Å². The number of ether oxygens (including phenoxy) is 1. The number of hydrogen-bond donors (Lipinski definition) is 0. The molecule has 0 aromatic heterocycles. The number of rotatable bonds is 5. The van der Waals surface area contributed by atoms with Crippen molar-refractivity contribution >= 4 is 10.1 Å². The summed E-state index contributed by atoms with van der Waals surface area (Å²) in [5, 5.41) is 0. The fraction of sp³-hybridized carbons (Fsp3) is 0.400. The molecule has 4 nitrogen and oxygen atoms in total. The number of benzene rings is 2. The van der Waals surface area contributed by atoms with E-state index in [-0.39, 0.29) is 12.5 Å². The molecule has 0 spiro atoms. The van der Waals surface area contributed by atoms with Crippen molar-refractivity contribution in [3.05, 3.63) is 58.7 Å². The molecule has 0 N–H and O–H groups in total. The van der Waals surface area contributed by atoms with Crippen LogP contribution in [0.2, 0.25) is 0 Å². The molecule has 2 aromatic carbocycles. The van der Waals surface area contributed by atoms with Crippen LogP contribution in [0.4, 0.5) is 0 Å². The van der Waals surface area contributed by atoms with Crippen LogP contribution in [0.3, 0.4) is 0 Å². The topological polar surface area (TPSA) is 52.6 Å². The Balaban J connectivity index is 2.02. The van der Waals surface area contributed by atoms with Crippen LogP contribution in [0.1, 0.15) is 41.5 Å². The van der Waals surface area contributed by atoms with Crippen molar-refractivity contribution < 1.29 is 17.3 Å². The minimum atomic E-state index is -3.72. The first kappa shape index (κ1) is 18.0. The van der Waals surface area contributed by atoms with Crippen LogP contribution in [0.15, 0.2) is 41.3 Å². The minimum absolute atomic E-state index is 0.139. The highest BCUT2D eigenvalue weighted by atomic mass is 32.2. The molecule has 5 heteroatoms. The zero-order valence-electron chi connectivity index (χ0n) is 14.9. The normalized spacial score (nSPS) is 17.2. The smallest absolute Gasteiger partial charge is 0.297 e. The molecule has 0 amide bonds. The molecule has 1 unspecified atom stereocenters. The standard InChI is InChI=1S/C20H24O4S/c1-4-24-25(21,22)20-11-8-14(2)12-18(20)16-9-10-17-15(13-16)6-5-7-19(17)23-3/h5-8,11-12,16H,4,9-10,13H2,1-3H3. The Bertz CT molecular complexity index is 871. The number of hydrogen-bond acceptors (Lipinski definition) is 4. The largest absolute Gasteiger partial charge is 0.496 e. The first-order valence-corrected chi connectivity index (χ1v) is 10.0. The van der Waals surface area contributed by atoms with Crippen LogP contribution in [-0.4, -0.2) is 22.1 Å². The van der Waals surface area contributed by atoms with E-state index >= 15 is 0 Å². The van der Waals surface area contributed by atoms with Crippen LogP contribution < -0.4 is 4.74 Å². The molecule has 0 saturated heterocycles. The zero-order chi connectivity index (χ0) is 18.0. The second-order valence-electron chi connectivity index (χ2n) is 6.44. The Hall–Kier alpha value is -1.85. The summed E-state index contributed by atoms with van der Waals surface area (Å²) in [4.78, 5) is 0.302. The molecule has 2 aromatic rings. The summed E-state index contributed by atoms with van der Waals surface area (Å²) in [5.41, 5.74) is 4.39. The van der Waals surface area contributed by atoms with Crippen molar-refractivity contribution in [3.63, 3.8) is 0 Å². The number of aryl methyl sites for hydroxylation is 1. The summed E-state index contributed by atoms with van der Waals surface area (Å²) in [6.45, 7) is 3.81. The van der Waals surface area contributed by atoms with E-state index in [0.717, 1.165) is 36.1 Å². The maximum Gasteiger partial charge on any atom is 0.297 e. The molecular formula is C20H24O4S. The Kier molecular flexibility index (Phi) is 5.16. The third kappa shape index (κ3) is 3.58. The molecule has 3 rings (SSSR count). The van der Waals surface area contributed by atoms with E-state index < -0.39 is 10.1 Å². The van der Waals surface area contributed by atoms with Gasteiger partial charge in [0.05, 0.1) is 18.6 Å². The predicted octanol–water partition coefficient (Wildman–Crippen LogP) is 4.00. The lowest BCUT2D eigenvalue weighted by molar-refractivity contribution is 0.337. The van der Waals surface area contributed by atoms with Crippen LogP contribution in [0.5, 0.6) is 5.75 Å². The van der Waals surface area contributed by atoms with E-state index in [0.29, 0.717) is 4.90 Å². The SMILES string of the molecule is CCOS(=O)(=O)c1ccc(C)cc1C1CCc2c(cccc2OC)C1. The van der Waals surface area contributed by atoms with E-state index in [2.05, 4.69) is 6.07 Å². The van der Waals surface area contributed by atoms with E-state index in [9.17, 15) is 8.42 Å². The van der Waals surface area contributed by atoms with Crippen molar-refractivity contribution in [2.75, 3.05) is 13.7 Å². The minimum Gasteiger partial charge on any atom is -0.496 e. The van der Waals surface area contributed by atoms with Gasteiger partial charge < -0.3 is 4.74 Å². The lowest BCUT2D eigenvalue weighted by Crippen LogP contribution is -2.17. The third-order valence-electron chi connectivity index (χ3n) is 4.81. The average molecular weight is 360 g/mol. The van der Waals surface area contributed by atoms with Gasteiger partial charge in [-0.3, -0.25) is 4.18 Å². The summed E-state index contributed by atoms with van der Waals surface area (Å²) in [6.07, 6.45) is 2.59. The van der Waals surface area contributed by atoms with Crippen molar-refractivity contribution in [2.45, 2.75) is 43.9 Å². The molecule has 1 aliphatic rings. The van der Waals surface area contributed by atoms with Crippen LogP contribution in [0, 0.1) is 6.92 Å². The van der Waals surface area contributed by atoms with Crippen LogP contribution in [0.25, 0.3) is 0 Å². The Morgan fingerprint density at radius 3 is 2.72 bits per heavy atom. The van der Waals surface area contributed by atoms with Crippen LogP contribution >= 0.6 is 0 Å². The molecular weight excluding hydrogens is 336 g/mol. The maximum atomic E-state index is 12.5. The van der Waals surface area contributed by atoms with Gasteiger partial charge in [-0.25, -0.2) is 0 Å². The van der Waals surface area contributed by atoms with Gasteiger partial charge in [-0.2, -0.15) is 8.42 Å². The maximum absolute atomic E-state index is 12.5. The third-order valence-corrected chi connectivity index (χ3v) is 6.26. The highest BCUT2D eigenvalue weighted by Crippen LogP contribution is 2.39. The molecule has 0 fully saturated rings. The summed E-state index contributed by atoms with van der Waals surface area (Å²) >= 11 is 0. The number of fused-ring (bicyclic) bond motifs is 1. The predicted molar refractivity (Wildman–Crippen MR) is 97.8 cm³/mol. The summed E-state index contributed by atoms with van der Waals surface area (Å²) < 4.78 is 35.5. The molecule has 0 radical (unpaired) electrons. The van der Waals surface area contributed by atoms with Crippen molar-refractivity contribution in [3.8, 4) is 5.75 Å². The second-order valence-corrected chi connectivity index (χ2v) is 8.02. The van der Waals surface area contributed by atoms with Gasteiger partial charge in [-0.15, -0.1) is 0 Å². The van der Waals surface area contributed by atoms with E-state index in [4.69, 9.17) is 8.92 Å². The molecule has 1 atom stereocenters. The monoisotopic (exact) mass is 360 g/mol. The zero-order valence-corrected chi connectivity index (χ0v) is 15.7. The van der Waals surface area contributed by atoms with Gasteiger partial charge in [0.15, 0.2) is 0 Å². The highest BCUT2D eigenvalue weighted by molar-refractivity contribution is 7.86. The number of methoxy groups -OCH3 is 1. The van der Waals surface area contributed by atoms with Crippen molar-refractivity contribution in [1.29, 1.82) is 0 Å². The molecule has 0 bridgehead atoms. The van der Waals surface area contributed by atoms with E-state index in [1.165, 1.54) is 11.1 Å². The highest BCUT2D eigenvalue weighted by Gasteiger charge is 2.28. The Morgan fingerprint density at radius 2 is 2.00 bits per heavy atom. The van der Waals surface area contributed by atoms with Gasteiger partial charge in [0, 0.05) is 0 Å². The molecule has 0 heterocycles. The summed E-state index contributed by atoms with van der Waals surface area (Å²) in [7, 11) is -2.03. The molecule has 134 valence electrons. The van der Waals surface area contributed by atoms with Gasteiger partial charge in [-0.1, -0.05) is 29.8 Å². The first-order valence-electron chi connectivity index (χ1n) is 8.61. The fourth-order valence-corrected chi connectivity index (χ4v) is 4.85. The van der Waals surface area contributed by atoms with E-state index in [1.54, 1.807) is 20.1 Å². The molecule has 0 aliphatic heterocycles. The van der Waals surface area contributed by atoms with Gasteiger partial charge in [0.2, 0.25) is 0 Å². The second kappa shape index (κ2) is 7.18. The lowest BCUT2D eigenvalue weighted by Gasteiger charge is -2.27. The van der Waals surface area contributed by atoms with Crippen molar-refractivity contribution in [1.82, 2.24) is 0 Å². The lowest BCUT2D eigenvalue weighted by atomic mass is 9.79. The molecule has 1 aliphatic carbocycles. The average Bonchev–Trinajstić information content (AvgIpc) is 2.60. The van der Waals surface area contributed by atoms with Crippen molar-refractivity contribution in [2.24, 2.45) is 0 Å². The summed E-state index contributed by atoms with van der Waals surface area (Å²) in [5.74, 6) is 1.08. The summed E-state index contributed by atoms with van der Waals surface area (Å²) in [6, 6.07) is 11.6. The van der Waals surface area contributed by atoms with Gasteiger partial charge in [0.1, 0.15) is 5.75 Å². The Morgan fingerprint density at radius 1 is 1.20 bits per heavy atom. The fourth-order valence-electron chi connectivity index (χ4n) is 3.66. The quantitative estimate of drug-likeness (QED) is 0.756. The molecule has 25 heavy (non-hydrogen) atoms. The molecule has 0 saturated carbocycles.